The Morgan fingerprint density at radius 1 is 1.17 bits per heavy atom. The summed E-state index contributed by atoms with van der Waals surface area (Å²) in [5, 5.41) is 15.3. The summed E-state index contributed by atoms with van der Waals surface area (Å²) >= 11 is 1.43. The Hall–Kier alpha value is -2.45. The Bertz CT molecular complexity index is 1070. The monoisotopic (exact) mass is 425 g/mol. The number of ether oxygens (including phenoxy) is 1. The largest absolute Gasteiger partial charge is 0.378 e. The molecular formula is C22H27N5O2S. The van der Waals surface area contributed by atoms with Gasteiger partial charge < -0.3 is 9.64 Å². The molecule has 1 fully saturated rings. The van der Waals surface area contributed by atoms with Gasteiger partial charge in [-0.3, -0.25) is 4.79 Å². The number of thioether (sulfide) groups is 1. The van der Waals surface area contributed by atoms with Crippen molar-refractivity contribution in [2.75, 3.05) is 32.1 Å². The van der Waals surface area contributed by atoms with E-state index in [-0.39, 0.29) is 11.8 Å². The van der Waals surface area contributed by atoms with Crippen molar-refractivity contribution in [3.8, 4) is 5.69 Å². The van der Waals surface area contributed by atoms with Crippen molar-refractivity contribution < 1.29 is 9.53 Å². The molecule has 1 aliphatic rings. The lowest BCUT2D eigenvalue weighted by Crippen LogP contribution is -2.41. The lowest BCUT2D eigenvalue weighted by molar-refractivity contribution is -0.132. The number of aryl methyl sites for hydroxylation is 2. The number of carbonyl (C=O) groups excluding carboxylic acids is 1. The van der Waals surface area contributed by atoms with E-state index < -0.39 is 0 Å². The van der Waals surface area contributed by atoms with Gasteiger partial charge in [0.2, 0.25) is 5.91 Å². The van der Waals surface area contributed by atoms with Crippen molar-refractivity contribution in [3.63, 3.8) is 0 Å². The summed E-state index contributed by atoms with van der Waals surface area (Å²) in [4.78, 5) is 14.5. The molecule has 4 rings (SSSR count). The zero-order valence-corrected chi connectivity index (χ0v) is 18.7. The fourth-order valence-corrected chi connectivity index (χ4v) is 4.43. The van der Waals surface area contributed by atoms with Gasteiger partial charge in [0.15, 0.2) is 0 Å². The van der Waals surface area contributed by atoms with Gasteiger partial charge in [0.1, 0.15) is 10.5 Å². The maximum atomic E-state index is 12.6. The second-order valence-corrected chi connectivity index (χ2v) is 8.88. The Morgan fingerprint density at radius 3 is 2.63 bits per heavy atom. The van der Waals surface area contributed by atoms with Crippen LogP contribution in [0.4, 0.5) is 0 Å². The van der Waals surface area contributed by atoms with Crippen molar-refractivity contribution in [2.45, 2.75) is 38.6 Å². The number of hydrogen-bond acceptors (Lipinski definition) is 6. The van der Waals surface area contributed by atoms with E-state index in [1.165, 1.54) is 22.9 Å². The average Bonchev–Trinajstić information content (AvgIpc) is 3.19. The zero-order valence-electron chi connectivity index (χ0n) is 17.9. The number of rotatable bonds is 5. The fraction of sp³-hybridized carbons (Fsp3) is 0.455. The number of morpholine rings is 1. The smallest absolute Gasteiger partial charge is 0.233 e. The highest BCUT2D eigenvalue weighted by Gasteiger charge is 2.21. The third-order valence-electron chi connectivity index (χ3n) is 5.47. The van der Waals surface area contributed by atoms with Crippen molar-refractivity contribution in [1.29, 1.82) is 0 Å². The molecular weight excluding hydrogens is 398 g/mol. The predicted octanol–water partition coefficient (Wildman–Crippen LogP) is 3.51. The zero-order chi connectivity index (χ0) is 21.3. The van der Waals surface area contributed by atoms with Crippen molar-refractivity contribution in [3.05, 3.63) is 41.2 Å². The van der Waals surface area contributed by atoms with Crippen LogP contribution < -0.4 is 0 Å². The van der Waals surface area contributed by atoms with Crippen LogP contribution in [0.5, 0.6) is 0 Å². The summed E-state index contributed by atoms with van der Waals surface area (Å²) in [7, 11) is 0. The molecule has 0 unspecified atom stereocenters. The van der Waals surface area contributed by atoms with Crippen LogP contribution in [-0.4, -0.2) is 62.8 Å². The van der Waals surface area contributed by atoms with Crippen LogP contribution in [0.1, 0.15) is 36.6 Å². The van der Waals surface area contributed by atoms with E-state index in [1.807, 2.05) is 15.8 Å². The molecule has 8 heteroatoms. The highest BCUT2D eigenvalue weighted by atomic mass is 32.2. The van der Waals surface area contributed by atoms with E-state index in [4.69, 9.17) is 4.74 Å². The second kappa shape index (κ2) is 8.73. The Morgan fingerprint density at radius 2 is 1.93 bits per heavy atom. The summed E-state index contributed by atoms with van der Waals surface area (Å²) in [6.45, 7) is 10.9. The minimum Gasteiger partial charge on any atom is -0.378 e. The first-order chi connectivity index (χ1) is 14.5. The minimum absolute atomic E-state index is 0.100. The third-order valence-corrected chi connectivity index (χ3v) is 6.41. The van der Waals surface area contributed by atoms with Gasteiger partial charge >= 0.3 is 0 Å². The molecule has 1 aliphatic heterocycles. The van der Waals surface area contributed by atoms with E-state index in [0.717, 1.165) is 27.3 Å². The second-order valence-electron chi connectivity index (χ2n) is 7.91. The molecule has 0 aliphatic carbocycles. The molecule has 2 aromatic heterocycles. The van der Waals surface area contributed by atoms with Crippen molar-refractivity contribution >= 4 is 28.6 Å². The predicted molar refractivity (Wildman–Crippen MR) is 118 cm³/mol. The van der Waals surface area contributed by atoms with Crippen LogP contribution in [0.2, 0.25) is 0 Å². The number of hydrogen-bond donors (Lipinski definition) is 0. The highest BCUT2D eigenvalue weighted by molar-refractivity contribution is 8.00. The van der Waals surface area contributed by atoms with Gasteiger partial charge in [0, 0.05) is 18.5 Å². The number of carbonyl (C=O) groups is 1. The normalized spacial score (nSPS) is 14.6. The van der Waals surface area contributed by atoms with Crippen LogP contribution in [0.3, 0.4) is 0 Å². The van der Waals surface area contributed by atoms with E-state index in [2.05, 4.69) is 61.2 Å². The fourth-order valence-electron chi connectivity index (χ4n) is 3.55. The van der Waals surface area contributed by atoms with Gasteiger partial charge in [0.25, 0.3) is 0 Å². The quantitative estimate of drug-likeness (QED) is 0.583. The molecule has 1 amide bonds. The third kappa shape index (κ3) is 4.06. The number of amides is 1. The Balaban J connectivity index is 1.71. The van der Waals surface area contributed by atoms with Gasteiger partial charge in [-0.25, -0.2) is 4.68 Å². The van der Waals surface area contributed by atoms with Crippen LogP contribution in [0, 0.1) is 13.8 Å². The molecule has 1 saturated heterocycles. The number of nitrogens with zero attached hydrogens (tertiary/aromatic N) is 5. The van der Waals surface area contributed by atoms with Gasteiger partial charge in [-0.2, -0.15) is 10.2 Å². The summed E-state index contributed by atoms with van der Waals surface area (Å²) in [6.07, 6.45) is 1.86. The van der Waals surface area contributed by atoms with Crippen LogP contribution >= 0.6 is 11.8 Å². The molecule has 158 valence electrons. The summed E-state index contributed by atoms with van der Waals surface area (Å²) in [5.41, 5.74) is 5.26. The maximum absolute atomic E-state index is 12.6. The summed E-state index contributed by atoms with van der Waals surface area (Å²) in [6, 6.07) is 6.30. The molecule has 0 radical (unpaired) electrons. The molecule has 3 aromatic rings. The van der Waals surface area contributed by atoms with E-state index in [0.29, 0.717) is 32.1 Å². The minimum atomic E-state index is 0.100. The Kier molecular flexibility index (Phi) is 6.06. The maximum Gasteiger partial charge on any atom is 0.233 e. The first-order valence-electron chi connectivity index (χ1n) is 10.3. The van der Waals surface area contributed by atoms with Crippen molar-refractivity contribution in [2.24, 2.45) is 0 Å². The molecule has 0 N–H and O–H groups in total. The van der Waals surface area contributed by atoms with E-state index in [9.17, 15) is 4.79 Å². The Labute approximate surface area is 180 Å². The van der Waals surface area contributed by atoms with Gasteiger partial charge in [-0.15, -0.1) is 5.10 Å². The lowest BCUT2D eigenvalue weighted by atomic mass is 10.1. The molecule has 0 spiro atoms. The molecule has 0 atom stereocenters. The molecule has 0 bridgehead atoms. The average molecular weight is 426 g/mol. The lowest BCUT2D eigenvalue weighted by Gasteiger charge is -2.26. The molecule has 30 heavy (non-hydrogen) atoms. The molecule has 7 nitrogen and oxygen atoms in total. The standard InChI is InChI=1S/C22H27N5O2S/c1-14(2)20-18-12-23-27(17-6-5-15(3)16(4)11-17)21(18)22(25-24-20)30-13-19(28)26-7-9-29-10-8-26/h5-6,11-12,14H,7-10,13H2,1-4H3. The SMILES string of the molecule is Cc1ccc(-n2ncc3c(C(C)C)nnc(SCC(=O)N4CCOCC4)c32)cc1C. The first-order valence-corrected chi connectivity index (χ1v) is 11.2. The van der Waals surface area contributed by atoms with Crippen LogP contribution in [0.25, 0.3) is 16.6 Å². The molecule has 1 aromatic carbocycles. The number of fused-ring (bicyclic) bond motifs is 1. The van der Waals surface area contributed by atoms with Gasteiger partial charge in [-0.05, 0) is 43.0 Å². The van der Waals surface area contributed by atoms with E-state index >= 15 is 0 Å². The first kappa shape index (κ1) is 20.8. The van der Waals surface area contributed by atoms with Crippen LogP contribution in [-0.2, 0) is 9.53 Å². The summed E-state index contributed by atoms with van der Waals surface area (Å²) in [5.74, 6) is 0.651. The number of aromatic nitrogens is 4. The van der Waals surface area contributed by atoms with Crippen LogP contribution in [0.15, 0.2) is 29.4 Å². The van der Waals surface area contributed by atoms with Gasteiger partial charge in [-0.1, -0.05) is 31.7 Å². The molecule has 3 heterocycles. The highest BCUT2D eigenvalue weighted by Crippen LogP contribution is 2.32. The molecule has 0 saturated carbocycles. The van der Waals surface area contributed by atoms with Crippen molar-refractivity contribution in [1.82, 2.24) is 24.9 Å². The number of benzene rings is 1. The van der Waals surface area contributed by atoms with Gasteiger partial charge in [0.05, 0.1) is 36.5 Å². The summed E-state index contributed by atoms with van der Waals surface area (Å²) < 4.78 is 7.26. The van der Waals surface area contributed by atoms with E-state index in [1.54, 1.807) is 0 Å². The topological polar surface area (TPSA) is 73.1 Å².